The van der Waals surface area contributed by atoms with E-state index >= 15 is 0 Å². The number of rotatable bonds is 7. The lowest BCUT2D eigenvalue weighted by Gasteiger charge is -2.28. The summed E-state index contributed by atoms with van der Waals surface area (Å²) in [5, 5.41) is 5.92. The van der Waals surface area contributed by atoms with Gasteiger partial charge in [0.1, 0.15) is 6.54 Å². The van der Waals surface area contributed by atoms with Crippen molar-refractivity contribution in [1.29, 1.82) is 0 Å². The number of urea groups is 1. The van der Waals surface area contributed by atoms with Crippen molar-refractivity contribution in [3.8, 4) is 0 Å². The molecule has 0 fully saturated rings. The van der Waals surface area contributed by atoms with Gasteiger partial charge in [-0.05, 0) is 44.2 Å². The molecule has 1 aliphatic heterocycles. The molecule has 2 N–H and O–H groups in total. The molecule has 9 heteroatoms. The zero-order valence-corrected chi connectivity index (χ0v) is 21.4. The van der Waals surface area contributed by atoms with E-state index in [1.54, 1.807) is 35.2 Å². The maximum atomic E-state index is 13.8. The summed E-state index contributed by atoms with van der Waals surface area (Å²) in [6.07, 6.45) is -1.26. The average molecular weight is 518 g/mol. The SMILES string of the molecule is CCN(CC)C(=O)CN1C(=O)C(NC(=O)Nc2ccc(Cl)cc2)N=C(c2ccccc2)c2ccccc21. The molecule has 3 aromatic carbocycles. The highest BCUT2D eigenvalue weighted by Crippen LogP contribution is 2.28. The van der Waals surface area contributed by atoms with Gasteiger partial charge in [0, 0.05) is 34.9 Å². The molecule has 0 spiro atoms. The quantitative estimate of drug-likeness (QED) is 0.481. The summed E-state index contributed by atoms with van der Waals surface area (Å²) in [5.74, 6) is -0.703. The highest BCUT2D eigenvalue weighted by molar-refractivity contribution is 6.30. The molecule has 3 aromatic rings. The molecule has 1 aliphatic rings. The van der Waals surface area contributed by atoms with Gasteiger partial charge in [-0.3, -0.25) is 14.5 Å². The minimum Gasteiger partial charge on any atom is -0.342 e. The summed E-state index contributed by atoms with van der Waals surface area (Å²) >= 11 is 5.93. The Morgan fingerprint density at radius 1 is 0.946 bits per heavy atom. The maximum absolute atomic E-state index is 13.8. The summed E-state index contributed by atoms with van der Waals surface area (Å²) < 4.78 is 0. The number of para-hydroxylation sites is 1. The molecule has 1 atom stereocenters. The minimum atomic E-state index is -1.26. The predicted molar refractivity (Wildman–Crippen MR) is 146 cm³/mol. The molecule has 4 amide bonds. The number of carbonyl (C=O) groups is 3. The van der Waals surface area contributed by atoms with E-state index in [4.69, 9.17) is 16.6 Å². The Hall–Kier alpha value is -4.17. The van der Waals surface area contributed by atoms with Gasteiger partial charge in [-0.1, -0.05) is 60.1 Å². The summed E-state index contributed by atoms with van der Waals surface area (Å²) in [6.45, 7) is 4.65. The van der Waals surface area contributed by atoms with Crippen LogP contribution >= 0.6 is 11.6 Å². The lowest BCUT2D eigenvalue weighted by Crippen LogP contribution is -2.51. The van der Waals surface area contributed by atoms with Crippen LogP contribution in [0.15, 0.2) is 83.9 Å². The van der Waals surface area contributed by atoms with Crippen molar-refractivity contribution in [2.45, 2.75) is 20.0 Å². The smallest absolute Gasteiger partial charge is 0.321 e. The lowest BCUT2D eigenvalue weighted by molar-refractivity contribution is -0.131. The largest absolute Gasteiger partial charge is 0.342 e. The second-order valence-electron chi connectivity index (χ2n) is 8.36. The first-order valence-electron chi connectivity index (χ1n) is 12.1. The van der Waals surface area contributed by atoms with Crippen molar-refractivity contribution >= 4 is 46.5 Å². The van der Waals surface area contributed by atoms with Crippen LogP contribution in [0.1, 0.15) is 25.0 Å². The fraction of sp³-hybridized carbons (Fsp3) is 0.214. The summed E-state index contributed by atoms with van der Waals surface area (Å²) in [7, 11) is 0. The number of benzene rings is 3. The molecule has 1 heterocycles. The number of benzodiazepines with no additional fused rings is 1. The molecule has 0 saturated carbocycles. The number of nitrogens with one attached hydrogen (secondary N) is 2. The van der Waals surface area contributed by atoms with Crippen molar-refractivity contribution in [1.82, 2.24) is 10.2 Å². The van der Waals surface area contributed by atoms with E-state index in [9.17, 15) is 14.4 Å². The maximum Gasteiger partial charge on any atom is 0.321 e. The highest BCUT2D eigenvalue weighted by Gasteiger charge is 2.34. The topological polar surface area (TPSA) is 94.1 Å². The zero-order chi connectivity index (χ0) is 26.4. The van der Waals surface area contributed by atoms with Crippen LogP contribution in [-0.4, -0.2) is 54.3 Å². The fourth-order valence-electron chi connectivity index (χ4n) is 4.15. The third-order valence-electron chi connectivity index (χ3n) is 6.03. The number of hydrogen-bond acceptors (Lipinski definition) is 4. The van der Waals surface area contributed by atoms with Gasteiger partial charge in [-0.15, -0.1) is 0 Å². The van der Waals surface area contributed by atoms with Gasteiger partial charge in [0.05, 0.1) is 11.4 Å². The Morgan fingerprint density at radius 2 is 1.59 bits per heavy atom. The molecular weight excluding hydrogens is 490 g/mol. The molecule has 37 heavy (non-hydrogen) atoms. The second-order valence-corrected chi connectivity index (χ2v) is 8.80. The Morgan fingerprint density at radius 3 is 2.27 bits per heavy atom. The molecule has 0 saturated heterocycles. The Bertz CT molecular complexity index is 1310. The van der Waals surface area contributed by atoms with Crippen molar-refractivity contribution in [3.05, 3.63) is 95.0 Å². The van der Waals surface area contributed by atoms with Crippen molar-refractivity contribution in [3.63, 3.8) is 0 Å². The molecule has 4 rings (SSSR count). The Labute approximate surface area is 220 Å². The van der Waals surface area contributed by atoms with E-state index < -0.39 is 18.1 Å². The van der Waals surface area contributed by atoms with E-state index in [1.165, 1.54) is 4.90 Å². The molecule has 8 nitrogen and oxygen atoms in total. The van der Waals surface area contributed by atoms with E-state index in [-0.39, 0.29) is 12.5 Å². The number of halogens is 1. The number of nitrogens with zero attached hydrogens (tertiary/aromatic N) is 3. The van der Waals surface area contributed by atoms with Crippen molar-refractivity contribution in [2.24, 2.45) is 4.99 Å². The van der Waals surface area contributed by atoms with Gasteiger partial charge < -0.3 is 15.5 Å². The first-order valence-corrected chi connectivity index (χ1v) is 12.4. The normalized spacial score (nSPS) is 14.8. The highest BCUT2D eigenvalue weighted by atomic mass is 35.5. The number of hydrogen-bond donors (Lipinski definition) is 2. The molecule has 0 radical (unpaired) electrons. The van der Waals surface area contributed by atoms with Crippen molar-refractivity contribution < 1.29 is 14.4 Å². The predicted octanol–water partition coefficient (Wildman–Crippen LogP) is 4.54. The number of aliphatic imine (C=N–C) groups is 1. The number of carbonyl (C=O) groups excluding carboxylic acids is 3. The Balaban J connectivity index is 1.73. The summed E-state index contributed by atoms with van der Waals surface area (Å²) in [6, 6.07) is 22.7. The van der Waals surface area contributed by atoms with Gasteiger partial charge >= 0.3 is 6.03 Å². The Kier molecular flexibility index (Phi) is 8.20. The standard InChI is InChI=1S/C28H28ClN5O3/c1-3-33(4-2)24(35)18-34-23-13-9-8-12-22(23)25(19-10-6-5-7-11-19)31-26(27(34)36)32-28(37)30-21-16-14-20(29)15-17-21/h5-17,26H,3-4,18H2,1-2H3,(H2,30,32,37). The molecule has 1 unspecified atom stereocenters. The van der Waals surface area contributed by atoms with Crippen LogP contribution in [0, 0.1) is 0 Å². The molecule has 0 bridgehead atoms. The van der Waals surface area contributed by atoms with Crippen LogP contribution in [0.4, 0.5) is 16.2 Å². The van der Waals surface area contributed by atoms with Crippen molar-refractivity contribution in [2.75, 3.05) is 29.9 Å². The monoisotopic (exact) mass is 517 g/mol. The van der Waals surface area contributed by atoms with Gasteiger partial charge in [0.15, 0.2) is 0 Å². The van der Waals surface area contributed by atoms with E-state index in [0.29, 0.717) is 40.8 Å². The molecule has 190 valence electrons. The minimum absolute atomic E-state index is 0.175. The van der Waals surface area contributed by atoms with E-state index in [2.05, 4.69) is 10.6 Å². The van der Waals surface area contributed by atoms with Gasteiger partial charge in [0.2, 0.25) is 12.1 Å². The molecule has 0 aromatic heterocycles. The average Bonchev–Trinajstić information content (AvgIpc) is 3.02. The first kappa shape index (κ1) is 25.9. The van der Waals surface area contributed by atoms with Gasteiger partial charge in [-0.2, -0.15) is 0 Å². The van der Waals surface area contributed by atoms with Crippen LogP contribution < -0.4 is 15.5 Å². The number of likely N-dealkylation sites (N-methyl/N-ethyl adjacent to an activating group) is 1. The van der Waals surface area contributed by atoms with E-state index in [1.807, 2.05) is 62.4 Å². The number of amides is 4. The van der Waals surface area contributed by atoms with Crippen LogP contribution in [-0.2, 0) is 9.59 Å². The van der Waals surface area contributed by atoms with Gasteiger partial charge in [0.25, 0.3) is 5.91 Å². The van der Waals surface area contributed by atoms with Crippen LogP contribution in [0.5, 0.6) is 0 Å². The molecular formula is C28H28ClN5O3. The number of anilines is 2. The van der Waals surface area contributed by atoms with Gasteiger partial charge in [-0.25, -0.2) is 9.79 Å². The molecule has 0 aliphatic carbocycles. The lowest BCUT2D eigenvalue weighted by atomic mass is 10.0. The third-order valence-corrected chi connectivity index (χ3v) is 6.29. The summed E-state index contributed by atoms with van der Waals surface area (Å²) in [4.78, 5) is 47.6. The third kappa shape index (κ3) is 5.98. The fourth-order valence-corrected chi connectivity index (χ4v) is 4.27. The zero-order valence-electron chi connectivity index (χ0n) is 20.6. The van der Waals surface area contributed by atoms with Crippen LogP contribution in [0.2, 0.25) is 5.02 Å². The van der Waals surface area contributed by atoms with Crippen LogP contribution in [0.3, 0.4) is 0 Å². The van der Waals surface area contributed by atoms with E-state index in [0.717, 1.165) is 5.56 Å². The first-order chi connectivity index (χ1) is 17.9. The van der Waals surface area contributed by atoms with Crippen LogP contribution in [0.25, 0.3) is 0 Å². The second kappa shape index (κ2) is 11.7. The number of fused-ring (bicyclic) bond motifs is 1. The summed E-state index contributed by atoms with van der Waals surface area (Å²) in [5.41, 5.74) is 3.07.